The first kappa shape index (κ1) is 13.2. The van der Waals surface area contributed by atoms with E-state index >= 15 is 0 Å². The van der Waals surface area contributed by atoms with Gasteiger partial charge in [0, 0.05) is 32.9 Å². The first-order chi connectivity index (χ1) is 8.00. The second-order valence-electron chi connectivity index (χ2n) is 3.68. The molecule has 0 aliphatic rings. The van der Waals surface area contributed by atoms with Crippen LogP contribution in [0.3, 0.4) is 0 Å². The predicted molar refractivity (Wildman–Crippen MR) is 60.2 cm³/mol. The van der Waals surface area contributed by atoms with E-state index in [1.165, 1.54) is 6.92 Å². The molecule has 1 aromatic rings. The quantitative estimate of drug-likeness (QED) is 0.598. The molecule has 0 aliphatic carbocycles. The summed E-state index contributed by atoms with van der Waals surface area (Å²) >= 11 is 0. The van der Waals surface area contributed by atoms with Crippen molar-refractivity contribution in [1.29, 1.82) is 0 Å². The number of rotatable bonds is 6. The maximum absolute atomic E-state index is 10.8. The lowest BCUT2D eigenvalue weighted by atomic mass is 10.3. The van der Waals surface area contributed by atoms with E-state index in [9.17, 15) is 9.59 Å². The van der Waals surface area contributed by atoms with Crippen molar-refractivity contribution in [1.82, 2.24) is 20.2 Å². The third kappa shape index (κ3) is 4.23. The Bertz CT molecular complexity index is 402. The smallest absolute Gasteiger partial charge is 0.327 e. The normalized spacial score (nSPS) is 12.1. The molecule has 0 aromatic carbocycles. The van der Waals surface area contributed by atoms with E-state index in [0.717, 1.165) is 5.82 Å². The number of carbonyl (C=O) groups excluding carboxylic acids is 1. The summed E-state index contributed by atoms with van der Waals surface area (Å²) in [7, 11) is 1.85. The Morgan fingerprint density at radius 1 is 1.59 bits per heavy atom. The Morgan fingerprint density at radius 2 is 2.29 bits per heavy atom. The van der Waals surface area contributed by atoms with E-state index in [2.05, 4.69) is 15.6 Å². The van der Waals surface area contributed by atoms with Gasteiger partial charge in [-0.2, -0.15) is 0 Å². The third-order valence-electron chi connectivity index (χ3n) is 2.23. The Hall–Kier alpha value is -1.89. The Kier molecular flexibility index (Phi) is 4.65. The van der Waals surface area contributed by atoms with Crippen LogP contribution < -0.4 is 10.6 Å². The van der Waals surface area contributed by atoms with E-state index in [0.29, 0.717) is 6.54 Å². The number of imidazole rings is 1. The van der Waals surface area contributed by atoms with Crippen LogP contribution in [0.1, 0.15) is 12.7 Å². The van der Waals surface area contributed by atoms with Gasteiger partial charge >= 0.3 is 5.97 Å². The fraction of sp³-hybridized carbons (Fsp3) is 0.500. The molecular weight excluding hydrogens is 224 g/mol. The summed E-state index contributed by atoms with van der Waals surface area (Å²) in [5.41, 5.74) is 0. The van der Waals surface area contributed by atoms with Crippen molar-refractivity contribution >= 4 is 11.9 Å². The van der Waals surface area contributed by atoms with Gasteiger partial charge in [0.25, 0.3) is 0 Å². The summed E-state index contributed by atoms with van der Waals surface area (Å²) in [6.07, 6.45) is 3.47. The molecule has 0 bridgehead atoms. The molecule has 94 valence electrons. The fourth-order valence-electron chi connectivity index (χ4n) is 1.34. The maximum atomic E-state index is 10.8. The number of nitrogens with zero attached hydrogens (tertiary/aromatic N) is 2. The minimum absolute atomic E-state index is 0.155. The monoisotopic (exact) mass is 240 g/mol. The lowest BCUT2D eigenvalue weighted by Crippen LogP contribution is -2.46. The molecule has 7 heteroatoms. The van der Waals surface area contributed by atoms with Crippen molar-refractivity contribution in [2.24, 2.45) is 7.05 Å². The van der Waals surface area contributed by atoms with Gasteiger partial charge in [-0.1, -0.05) is 0 Å². The molecule has 1 unspecified atom stereocenters. The number of amides is 1. The van der Waals surface area contributed by atoms with Crippen LogP contribution in [0.2, 0.25) is 0 Å². The number of carboxylic acid groups (broad SMARTS) is 1. The molecule has 0 saturated carbocycles. The molecule has 0 spiro atoms. The Labute approximate surface area is 98.8 Å². The van der Waals surface area contributed by atoms with Crippen LogP contribution in [0.4, 0.5) is 0 Å². The summed E-state index contributed by atoms with van der Waals surface area (Å²) in [4.78, 5) is 25.7. The fourth-order valence-corrected chi connectivity index (χ4v) is 1.34. The SMILES string of the molecule is CC(=O)NC(CNCc1nccn1C)C(=O)O. The second kappa shape index (κ2) is 6.00. The van der Waals surface area contributed by atoms with Crippen molar-refractivity contribution in [2.45, 2.75) is 19.5 Å². The van der Waals surface area contributed by atoms with Gasteiger partial charge in [-0.15, -0.1) is 0 Å². The molecule has 1 rings (SSSR count). The van der Waals surface area contributed by atoms with E-state index in [-0.39, 0.29) is 12.5 Å². The average Bonchev–Trinajstić information content (AvgIpc) is 2.62. The van der Waals surface area contributed by atoms with Crippen LogP contribution in [0.15, 0.2) is 12.4 Å². The lowest BCUT2D eigenvalue weighted by Gasteiger charge is -2.13. The van der Waals surface area contributed by atoms with E-state index in [1.54, 1.807) is 12.4 Å². The number of carbonyl (C=O) groups is 2. The van der Waals surface area contributed by atoms with Crippen LogP contribution in [0.25, 0.3) is 0 Å². The van der Waals surface area contributed by atoms with Gasteiger partial charge in [0.05, 0.1) is 6.54 Å². The molecule has 0 fully saturated rings. The second-order valence-corrected chi connectivity index (χ2v) is 3.68. The summed E-state index contributed by atoms with van der Waals surface area (Å²) in [6.45, 7) is 1.89. The number of carboxylic acids is 1. The highest BCUT2D eigenvalue weighted by molar-refractivity contribution is 5.82. The number of aromatic nitrogens is 2. The molecule has 0 aliphatic heterocycles. The molecule has 17 heavy (non-hydrogen) atoms. The van der Waals surface area contributed by atoms with Crippen molar-refractivity contribution in [2.75, 3.05) is 6.54 Å². The summed E-state index contributed by atoms with van der Waals surface area (Å²) < 4.78 is 1.83. The first-order valence-corrected chi connectivity index (χ1v) is 5.17. The molecule has 0 radical (unpaired) electrons. The van der Waals surface area contributed by atoms with Crippen LogP contribution in [-0.4, -0.2) is 39.1 Å². The zero-order valence-electron chi connectivity index (χ0n) is 9.80. The molecule has 7 nitrogen and oxygen atoms in total. The van der Waals surface area contributed by atoms with Crippen LogP contribution in [0, 0.1) is 0 Å². The van der Waals surface area contributed by atoms with Gasteiger partial charge in [0.2, 0.25) is 5.91 Å². The van der Waals surface area contributed by atoms with Gasteiger partial charge in [0.15, 0.2) is 0 Å². The van der Waals surface area contributed by atoms with Gasteiger partial charge in [-0.05, 0) is 0 Å². The maximum Gasteiger partial charge on any atom is 0.327 e. The van der Waals surface area contributed by atoms with Gasteiger partial charge in [-0.25, -0.2) is 9.78 Å². The number of nitrogens with one attached hydrogen (secondary N) is 2. The lowest BCUT2D eigenvalue weighted by molar-refractivity contribution is -0.141. The molecule has 1 atom stereocenters. The Morgan fingerprint density at radius 3 is 2.76 bits per heavy atom. The molecule has 3 N–H and O–H groups in total. The van der Waals surface area contributed by atoms with Gasteiger partial charge in [0.1, 0.15) is 11.9 Å². The molecular formula is C10H16N4O3. The van der Waals surface area contributed by atoms with Crippen molar-refractivity contribution in [3.8, 4) is 0 Å². The van der Waals surface area contributed by atoms with Crippen LogP contribution in [0.5, 0.6) is 0 Å². The van der Waals surface area contributed by atoms with Crippen LogP contribution >= 0.6 is 0 Å². The van der Waals surface area contributed by atoms with E-state index in [4.69, 9.17) is 5.11 Å². The highest BCUT2D eigenvalue weighted by Crippen LogP contribution is 1.93. The highest BCUT2D eigenvalue weighted by atomic mass is 16.4. The van der Waals surface area contributed by atoms with Gasteiger partial charge in [-0.3, -0.25) is 4.79 Å². The van der Waals surface area contributed by atoms with Gasteiger partial charge < -0.3 is 20.3 Å². The van der Waals surface area contributed by atoms with Crippen molar-refractivity contribution in [3.63, 3.8) is 0 Å². The van der Waals surface area contributed by atoms with E-state index < -0.39 is 12.0 Å². The third-order valence-corrected chi connectivity index (χ3v) is 2.23. The molecule has 1 aromatic heterocycles. The average molecular weight is 240 g/mol. The summed E-state index contributed by atoms with van der Waals surface area (Å²) in [5.74, 6) is -0.624. The zero-order chi connectivity index (χ0) is 12.8. The minimum Gasteiger partial charge on any atom is -0.480 e. The largest absolute Gasteiger partial charge is 0.480 e. The highest BCUT2D eigenvalue weighted by Gasteiger charge is 2.17. The summed E-state index contributed by atoms with van der Waals surface area (Å²) in [6, 6.07) is -0.923. The predicted octanol–water partition coefficient (Wildman–Crippen LogP) is -0.901. The molecule has 1 amide bonds. The molecule has 1 heterocycles. The molecule has 0 saturated heterocycles. The van der Waals surface area contributed by atoms with Crippen molar-refractivity contribution < 1.29 is 14.7 Å². The number of hydrogen-bond acceptors (Lipinski definition) is 4. The number of hydrogen-bond donors (Lipinski definition) is 3. The van der Waals surface area contributed by atoms with Crippen LogP contribution in [-0.2, 0) is 23.2 Å². The summed E-state index contributed by atoms with van der Waals surface area (Å²) in [5, 5.41) is 14.1. The van der Waals surface area contributed by atoms with Crippen molar-refractivity contribution in [3.05, 3.63) is 18.2 Å². The van der Waals surface area contributed by atoms with E-state index in [1.807, 2.05) is 11.6 Å². The zero-order valence-corrected chi connectivity index (χ0v) is 9.80. The number of aliphatic carboxylic acids is 1. The minimum atomic E-state index is -1.06. The Balaban J connectivity index is 2.40. The standard InChI is InChI=1S/C10H16N4O3/c1-7(15)13-8(10(16)17)5-11-6-9-12-3-4-14(9)2/h3-4,8,11H,5-6H2,1-2H3,(H,13,15)(H,16,17). The number of aryl methyl sites for hydroxylation is 1. The first-order valence-electron chi connectivity index (χ1n) is 5.17. The topological polar surface area (TPSA) is 96.3 Å².